The first-order valence-electron chi connectivity index (χ1n) is 8.81. The molecule has 2 aromatic rings. The number of benzene rings is 1. The lowest BCUT2D eigenvalue weighted by Gasteiger charge is -2.27. The number of H-pyrrole nitrogens is 1. The molecule has 1 aromatic carbocycles. The Morgan fingerprint density at radius 1 is 1.23 bits per heavy atom. The van der Waals surface area contributed by atoms with Gasteiger partial charge in [-0.25, -0.2) is 0 Å². The second-order valence-corrected chi connectivity index (χ2v) is 6.77. The van der Waals surface area contributed by atoms with Gasteiger partial charge < -0.3 is 9.88 Å². The van der Waals surface area contributed by atoms with Crippen molar-refractivity contribution < 1.29 is 4.79 Å². The van der Waals surface area contributed by atoms with Gasteiger partial charge in [-0.3, -0.25) is 9.59 Å². The predicted octanol–water partition coefficient (Wildman–Crippen LogP) is 3.23. The van der Waals surface area contributed by atoms with E-state index in [0.717, 1.165) is 16.8 Å². The van der Waals surface area contributed by atoms with E-state index in [9.17, 15) is 14.9 Å². The molecule has 0 aliphatic heterocycles. The number of nitrogens with zero attached hydrogens (tertiary/aromatic N) is 2. The molecule has 0 unspecified atom stereocenters. The van der Waals surface area contributed by atoms with E-state index < -0.39 is 0 Å². The molecule has 0 aliphatic carbocycles. The largest absolute Gasteiger partial charge is 0.336 e. The molecule has 2 rings (SSSR count). The minimum absolute atomic E-state index is 0.0624. The molecule has 1 amide bonds. The monoisotopic (exact) mass is 351 g/mol. The molecule has 1 heterocycles. The van der Waals surface area contributed by atoms with Crippen LogP contribution in [0.15, 0.2) is 35.1 Å². The average molecular weight is 351 g/mol. The number of amides is 1. The number of nitriles is 1. The van der Waals surface area contributed by atoms with Crippen LogP contribution in [0.5, 0.6) is 0 Å². The fraction of sp³-hybridized carbons (Fsp3) is 0.381. The van der Waals surface area contributed by atoms with E-state index in [2.05, 4.69) is 4.98 Å². The maximum Gasteiger partial charge on any atom is 0.266 e. The van der Waals surface area contributed by atoms with Gasteiger partial charge in [0.1, 0.15) is 11.6 Å². The minimum atomic E-state index is -0.370. The van der Waals surface area contributed by atoms with Crippen molar-refractivity contribution in [3.63, 3.8) is 0 Å². The maximum atomic E-state index is 12.8. The van der Waals surface area contributed by atoms with Crippen LogP contribution in [0.4, 0.5) is 0 Å². The van der Waals surface area contributed by atoms with Gasteiger partial charge in [0, 0.05) is 24.7 Å². The van der Waals surface area contributed by atoms with Crippen molar-refractivity contribution in [2.75, 3.05) is 0 Å². The van der Waals surface area contributed by atoms with E-state index in [1.807, 2.05) is 55.1 Å². The van der Waals surface area contributed by atoms with E-state index in [1.165, 1.54) is 0 Å². The molecule has 1 N–H and O–H groups in total. The van der Waals surface area contributed by atoms with Crippen molar-refractivity contribution in [1.82, 2.24) is 9.88 Å². The third-order valence-corrected chi connectivity index (χ3v) is 4.65. The maximum absolute atomic E-state index is 12.8. The number of aryl methyl sites for hydroxylation is 1. The molecule has 0 bridgehead atoms. The van der Waals surface area contributed by atoms with Gasteiger partial charge in [-0.05, 0) is 50.8 Å². The van der Waals surface area contributed by atoms with E-state index in [0.29, 0.717) is 24.9 Å². The van der Waals surface area contributed by atoms with Gasteiger partial charge in [0.25, 0.3) is 5.56 Å². The van der Waals surface area contributed by atoms with Crippen LogP contribution in [0.2, 0.25) is 0 Å². The van der Waals surface area contributed by atoms with Crippen LogP contribution >= 0.6 is 0 Å². The number of nitrogens with one attached hydrogen (secondary N) is 1. The zero-order valence-corrected chi connectivity index (χ0v) is 15.8. The molecule has 136 valence electrons. The summed E-state index contributed by atoms with van der Waals surface area (Å²) >= 11 is 0. The number of carbonyl (C=O) groups is 1. The van der Waals surface area contributed by atoms with Crippen LogP contribution in [0.25, 0.3) is 0 Å². The van der Waals surface area contributed by atoms with Gasteiger partial charge in [0.05, 0.1) is 0 Å². The minimum Gasteiger partial charge on any atom is -0.336 e. The fourth-order valence-corrected chi connectivity index (χ4v) is 3.13. The van der Waals surface area contributed by atoms with Crippen LogP contribution in [-0.2, 0) is 17.8 Å². The van der Waals surface area contributed by atoms with Gasteiger partial charge >= 0.3 is 0 Å². The van der Waals surface area contributed by atoms with E-state index in [1.54, 1.807) is 13.8 Å². The lowest BCUT2D eigenvalue weighted by molar-refractivity contribution is -0.133. The van der Waals surface area contributed by atoms with Crippen molar-refractivity contribution in [2.45, 2.75) is 53.1 Å². The normalized spacial score (nSPS) is 10.6. The Labute approximate surface area is 154 Å². The Morgan fingerprint density at radius 3 is 2.46 bits per heavy atom. The SMILES string of the molecule is Cc1[nH]c(=O)c(C#N)c(C)c1CCC(=O)N(Cc1ccccc1)C(C)C. The molecule has 1 aromatic heterocycles. The summed E-state index contributed by atoms with van der Waals surface area (Å²) in [6.45, 7) is 8.16. The molecular weight excluding hydrogens is 326 g/mol. The number of aromatic amines is 1. The predicted molar refractivity (Wildman–Crippen MR) is 102 cm³/mol. The number of hydrogen-bond donors (Lipinski definition) is 1. The highest BCUT2D eigenvalue weighted by molar-refractivity contribution is 5.77. The van der Waals surface area contributed by atoms with Crippen molar-refractivity contribution in [1.29, 1.82) is 5.26 Å². The molecule has 0 saturated heterocycles. The first kappa shape index (κ1) is 19.5. The first-order chi connectivity index (χ1) is 12.3. The summed E-state index contributed by atoms with van der Waals surface area (Å²) in [6.07, 6.45) is 0.837. The van der Waals surface area contributed by atoms with E-state index in [4.69, 9.17) is 0 Å². The van der Waals surface area contributed by atoms with Crippen LogP contribution in [0.1, 0.15) is 48.2 Å². The lowest BCUT2D eigenvalue weighted by atomic mass is 9.98. The molecule has 0 saturated carbocycles. The van der Waals surface area contributed by atoms with Crippen molar-refractivity contribution in [3.8, 4) is 6.07 Å². The molecule has 0 spiro atoms. The molecule has 5 nitrogen and oxygen atoms in total. The standard InChI is InChI=1S/C21H25N3O2/c1-14(2)24(13-17-8-6-5-7-9-17)20(25)11-10-18-15(3)19(12-22)21(26)23-16(18)4/h5-9,14H,10-11,13H2,1-4H3,(H,23,26). The molecular formula is C21H25N3O2. The van der Waals surface area contributed by atoms with Gasteiger partial charge in [-0.15, -0.1) is 0 Å². The average Bonchev–Trinajstić information content (AvgIpc) is 2.60. The highest BCUT2D eigenvalue weighted by Gasteiger charge is 2.19. The van der Waals surface area contributed by atoms with Crippen LogP contribution < -0.4 is 5.56 Å². The highest BCUT2D eigenvalue weighted by atomic mass is 16.2. The quantitative estimate of drug-likeness (QED) is 0.868. The lowest BCUT2D eigenvalue weighted by Crippen LogP contribution is -2.36. The third-order valence-electron chi connectivity index (χ3n) is 4.65. The van der Waals surface area contributed by atoms with Gasteiger partial charge in [0.15, 0.2) is 0 Å². The van der Waals surface area contributed by atoms with Gasteiger partial charge in [0.2, 0.25) is 5.91 Å². The molecule has 0 radical (unpaired) electrons. The smallest absolute Gasteiger partial charge is 0.266 e. The Kier molecular flexibility index (Phi) is 6.35. The Morgan fingerprint density at radius 2 is 1.88 bits per heavy atom. The van der Waals surface area contributed by atoms with E-state index >= 15 is 0 Å². The summed E-state index contributed by atoms with van der Waals surface area (Å²) in [5, 5.41) is 9.17. The summed E-state index contributed by atoms with van der Waals surface area (Å²) in [5.41, 5.74) is 3.11. The number of rotatable bonds is 6. The molecule has 26 heavy (non-hydrogen) atoms. The Balaban J connectivity index is 2.16. The summed E-state index contributed by atoms with van der Waals surface area (Å²) in [4.78, 5) is 29.2. The number of carbonyl (C=O) groups excluding carboxylic acids is 1. The second-order valence-electron chi connectivity index (χ2n) is 6.77. The number of pyridine rings is 1. The van der Waals surface area contributed by atoms with E-state index in [-0.39, 0.29) is 23.1 Å². The van der Waals surface area contributed by atoms with Crippen LogP contribution in [0.3, 0.4) is 0 Å². The van der Waals surface area contributed by atoms with Crippen molar-refractivity contribution in [2.24, 2.45) is 0 Å². The molecule has 5 heteroatoms. The molecule has 0 atom stereocenters. The van der Waals surface area contributed by atoms with Crippen molar-refractivity contribution >= 4 is 5.91 Å². The zero-order chi connectivity index (χ0) is 19.3. The number of hydrogen-bond acceptors (Lipinski definition) is 3. The molecule has 0 fully saturated rings. The highest BCUT2D eigenvalue weighted by Crippen LogP contribution is 2.17. The molecule has 0 aliphatic rings. The second kappa shape index (κ2) is 8.48. The third kappa shape index (κ3) is 4.40. The first-order valence-corrected chi connectivity index (χ1v) is 8.81. The van der Waals surface area contributed by atoms with Gasteiger partial charge in [-0.2, -0.15) is 5.26 Å². The number of aromatic nitrogens is 1. The summed E-state index contributed by atoms with van der Waals surface area (Å²) in [5.74, 6) is 0.0624. The summed E-state index contributed by atoms with van der Waals surface area (Å²) in [6, 6.07) is 12.0. The Hall–Kier alpha value is -2.87. The summed E-state index contributed by atoms with van der Waals surface area (Å²) in [7, 11) is 0. The summed E-state index contributed by atoms with van der Waals surface area (Å²) < 4.78 is 0. The topological polar surface area (TPSA) is 77.0 Å². The van der Waals surface area contributed by atoms with Crippen LogP contribution in [0, 0.1) is 25.2 Å². The Bertz CT molecular complexity index is 877. The van der Waals surface area contributed by atoms with Gasteiger partial charge in [-0.1, -0.05) is 30.3 Å². The zero-order valence-electron chi connectivity index (χ0n) is 15.8. The fourth-order valence-electron chi connectivity index (χ4n) is 3.13. The van der Waals surface area contributed by atoms with Crippen LogP contribution in [-0.4, -0.2) is 21.8 Å². The van der Waals surface area contributed by atoms with Crippen molar-refractivity contribution in [3.05, 3.63) is 68.6 Å².